The molecule has 0 radical (unpaired) electrons. The van der Waals surface area contributed by atoms with Crippen molar-refractivity contribution in [2.24, 2.45) is 5.92 Å². The van der Waals surface area contributed by atoms with Crippen LogP contribution < -0.4 is 10.1 Å². The molecule has 2 saturated carbocycles. The van der Waals surface area contributed by atoms with Gasteiger partial charge in [-0.15, -0.1) is 0 Å². The quantitative estimate of drug-likeness (QED) is 0.792. The first-order valence-electron chi connectivity index (χ1n) is 9.78. The van der Waals surface area contributed by atoms with Crippen molar-refractivity contribution in [3.05, 3.63) is 65.7 Å². The molecule has 0 aliphatic heterocycles. The number of nitrogens with one attached hydrogen (secondary N) is 1. The van der Waals surface area contributed by atoms with Gasteiger partial charge in [0.15, 0.2) is 0 Å². The third-order valence-corrected chi connectivity index (χ3v) is 6.16. The van der Waals surface area contributed by atoms with Crippen molar-refractivity contribution in [1.29, 1.82) is 0 Å². The Labute approximate surface area is 160 Å². The summed E-state index contributed by atoms with van der Waals surface area (Å²) in [6, 6.07) is 18.2. The second-order valence-corrected chi connectivity index (χ2v) is 7.97. The van der Waals surface area contributed by atoms with E-state index in [4.69, 9.17) is 4.74 Å². The lowest BCUT2D eigenvalue weighted by Crippen LogP contribution is -2.50. The number of hydrogen-bond acceptors (Lipinski definition) is 3. The summed E-state index contributed by atoms with van der Waals surface area (Å²) in [4.78, 5) is 13.2. The van der Waals surface area contributed by atoms with E-state index < -0.39 is 5.41 Å². The highest BCUT2D eigenvalue weighted by Crippen LogP contribution is 2.49. The Morgan fingerprint density at radius 3 is 2.37 bits per heavy atom. The van der Waals surface area contributed by atoms with Crippen molar-refractivity contribution in [3.63, 3.8) is 0 Å². The Balaban J connectivity index is 1.49. The summed E-state index contributed by atoms with van der Waals surface area (Å²) in [6.45, 7) is 0. The summed E-state index contributed by atoms with van der Waals surface area (Å²) >= 11 is 0. The van der Waals surface area contributed by atoms with Crippen LogP contribution in [-0.2, 0) is 16.6 Å². The van der Waals surface area contributed by atoms with Gasteiger partial charge in [0, 0.05) is 6.04 Å². The van der Waals surface area contributed by atoms with Crippen LogP contribution in [0.4, 0.5) is 0 Å². The monoisotopic (exact) mass is 365 g/mol. The number of carbonyl (C=O) groups excluding carboxylic acids is 1. The van der Waals surface area contributed by atoms with E-state index in [0.29, 0.717) is 5.92 Å². The molecule has 4 nitrogen and oxygen atoms in total. The van der Waals surface area contributed by atoms with E-state index in [1.54, 1.807) is 7.11 Å². The molecule has 2 fully saturated rings. The second-order valence-electron chi connectivity index (χ2n) is 7.97. The molecule has 2 aromatic rings. The molecule has 0 unspecified atom stereocenters. The maximum atomic E-state index is 13.2. The number of carbonyl (C=O) groups is 1. The predicted molar refractivity (Wildman–Crippen MR) is 105 cm³/mol. The minimum absolute atomic E-state index is 0.0685. The van der Waals surface area contributed by atoms with Crippen molar-refractivity contribution in [2.75, 3.05) is 7.11 Å². The fraction of sp³-hybridized carbons (Fsp3) is 0.435. The zero-order chi connectivity index (χ0) is 18.9. The fourth-order valence-corrected chi connectivity index (χ4v) is 4.15. The van der Waals surface area contributed by atoms with Crippen LogP contribution in [0.2, 0.25) is 0 Å². The SMILES string of the molecule is COc1ccc(C2(C(=O)N[C@H](Cc3ccccc3)C3CC(O)C3)CC2)cc1. The smallest absolute Gasteiger partial charge is 0.230 e. The zero-order valence-electron chi connectivity index (χ0n) is 15.7. The van der Waals surface area contributed by atoms with Crippen molar-refractivity contribution < 1.29 is 14.6 Å². The lowest BCUT2D eigenvalue weighted by atomic mass is 9.75. The lowest BCUT2D eigenvalue weighted by Gasteiger charge is -2.39. The van der Waals surface area contributed by atoms with E-state index in [-0.39, 0.29) is 18.1 Å². The molecule has 0 spiro atoms. The summed E-state index contributed by atoms with van der Waals surface area (Å²) in [5.41, 5.74) is 1.88. The molecule has 2 aliphatic carbocycles. The van der Waals surface area contributed by atoms with Gasteiger partial charge in [-0.05, 0) is 61.3 Å². The van der Waals surface area contributed by atoms with Crippen molar-refractivity contribution in [1.82, 2.24) is 5.32 Å². The Kier molecular flexibility index (Phi) is 4.92. The van der Waals surface area contributed by atoms with Gasteiger partial charge in [0.1, 0.15) is 5.75 Å². The van der Waals surface area contributed by atoms with E-state index in [2.05, 4.69) is 17.4 Å². The molecule has 2 N–H and O–H groups in total. The molecule has 0 saturated heterocycles. The van der Waals surface area contributed by atoms with E-state index in [0.717, 1.165) is 43.4 Å². The maximum absolute atomic E-state index is 13.2. The maximum Gasteiger partial charge on any atom is 0.230 e. The van der Waals surface area contributed by atoms with Gasteiger partial charge in [0.05, 0.1) is 18.6 Å². The number of amides is 1. The normalized spacial score (nSPS) is 23.8. The van der Waals surface area contributed by atoms with Gasteiger partial charge in [0.25, 0.3) is 0 Å². The van der Waals surface area contributed by atoms with Gasteiger partial charge in [0.2, 0.25) is 5.91 Å². The summed E-state index contributed by atoms with van der Waals surface area (Å²) < 4.78 is 5.23. The molecule has 2 aromatic carbocycles. The van der Waals surface area contributed by atoms with Crippen molar-refractivity contribution >= 4 is 5.91 Å². The summed E-state index contributed by atoms with van der Waals surface area (Å²) in [5.74, 6) is 1.27. The number of rotatable bonds is 7. The number of ether oxygens (including phenoxy) is 1. The largest absolute Gasteiger partial charge is 0.497 e. The van der Waals surface area contributed by atoms with Crippen LogP contribution in [0, 0.1) is 5.92 Å². The Hall–Kier alpha value is -2.33. The van der Waals surface area contributed by atoms with Crippen LogP contribution >= 0.6 is 0 Å². The molecular weight excluding hydrogens is 338 g/mol. The van der Waals surface area contributed by atoms with Gasteiger partial charge in [-0.1, -0.05) is 42.5 Å². The van der Waals surface area contributed by atoms with Gasteiger partial charge < -0.3 is 15.2 Å². The topological polar surface area (TPSA) is 58.6 Å². The van der Waals surface area contributed by atoms with E-state index in [9.17, 15) is 9.90 Å². The zero-order valence-corrected chi connectivity index (χ0v) is 15.7. The summed E-state index contributed by atoms with van der Waals surface area (Å²) in [5, 5.41) is 13.1. The number of methoxy groups -OCH3 is 1. The number of hydrogen-bond donors (Lipinski definition) is 2. The fourth-order valence-electron chi connectivity index (χ4n) is 4.15. The summed E-state index contributed by atoms with van der Waals surface area (Å²) in [7, 11) is 1.65. The highest BCUT2D eigenvalue weighted by molar-refractivity contribution is 5.91. The third-order valence-electron chi connectivity index (χ3n) is 6.16. The molecule has 1 atom stereocenters. The molecule has 27 heavy (non-hydrogen) atoms. The average Bonchev–Trinajstić information content (AvgIpc) is 3.48. The van der Waals surface area contributed by atoms with Gasteiger partial charge >= 0.3 is 0 Å². The van der Waals surface area contributed by atoms with Gasteiger partial charge in [-0.3, -0.25) is 4.79 Å². The standard InChI is InChI=1S/C23H27NO3/c1-27-20-9-7-18(8-10-20)23(11-12-23)22(26)24-21(17-14-19(25)15-17)13-16-5-3-2-4-6-16/h2-10,17,19,21,25H,11-15H2,1H3,(H,24,26)/t17?,19?,21-/m1/s1. The van der Waals surface area contributed by atoms with Crippen molar-refractivity contribution in [2.45, 2.75) is 49.7 Å². The molecule has 2 aliphatic rings. The van der Waals surface area contributed by atoms with Crippen LogP contribution in [0.15, 0.2) is 54.6 Å². The number of aliphatic hydroxyl groups is 1. The van der Waals surface area contributed by atoms with E-state index >= 15 is 0 Å². The molecule has 142 valence electrons. The van der Waals surface area contributed by atoms with Gasteiger partial charge in [-0.2, -0.15) is 0 Å². The van der Waals surface area contributed by atoms with Crippen LogP contribution in [-0.4, -0.2) is 30.3 Å². The van der Waals surface area contributed by atoms with Crippen LogP contribution in [0.1, 0.15) is 36.8 Å². The average molecular weight is 365 g/mol. The molecular formula is C23H27NO3. The predicted octanol–water partition coefficient (Wildman–Crippen LogP) is 3.23. The van der Waals surface area contributed by atoms with Crippen LogP contribution in [0.5, 0.6) is 5.75 Å². The highest BCUT2D eigenvalue weighted by Gasteiger charge is 2.52. The first-order valence-corrected chi connectivity index (χ1v) is 9.78. The minimum atomic E-state index is -0.399. The molecule has 1 amide bonds. The molecule has 0 aromatic heterocycles. The Bertz CT molecular complexity index is 777. The lowest BCUT2D eigenvalue weighted by molar-refractivity contribution is -0.125. The summed E-state index contributed by atoms with van der Waals surface area (Å²) in [6.07, 6.45) is 3.90. The van der Waals surface area contributed by atoms with Crippen molar-refractivity contribution in [3.8, 4) is 5.75 Å². The number of benzene rings is 2. The Morgan fingerprint density at radius 2 is 1.81 bits per heavy atom. The van der Waals surface area contributed by atoms with E-state index in [1.165, 1.54) is 5.56 Å². The Morgan fingerprint density at radius 1 is 1.15 bits per heavy atom. The minimum Gasteiger partial charge on any atom is -0.497 e. The highest BCUT2D eigenvalue weighted by atomic mass is 16.5. The first-order chi connectivity index (χ1) is 13.1. The van der Waals surface area contributed by atoms with Gasteiger partial charge in [-0.25, -0.2) is 0 Å². The molecule has 4 heteroatoms. The second kappa shape index (κ2) is 7.35. The molecule has 4 rings (SSSR count). The third kappa shape index (κ3) is 3.72. The van der Waals surface area contributed by atoms with Crippen LogP contribution in [0.3, 0.4) is 0 Å². The molecule has 0 heterocycles. The molecule has 0 bridgehead atoms. The van der Waals surface area contributed by atoms with Crippen LogP contribution in [0.25, 0.3) is 0 Å². The first kappa shape index (κ1) is 18.1. The number of aliphatic hydroxyl groups excluding tert-OH is 1. The van der Waals surface area contributed by atoms with E-state index in [1.807, 2.05) is 42.5 Å².